The Morgan fingerprint density at radius 2 is 2.00 bits per heavy atom. The van der Waals surface area contributed by atoms with Crippen molar-refractivity contribution in [1.82, 2.24) is 0 Å². The van der Waals surface area contributed by atoms with Gasteiger partial charge in [0.2, 0.25) is 11.8 Å². The molecule has 0 aromatic heterocycles. The molecule has 1 heterocycles. The fraction of sp³-hybridized carbons (Fsp3) is 0.263. The van der Waals surface area contributed by atoms with Gasteiger partial charge in [0.1, 0.15) is 11.5 Å². The van der Waals surface area contributed by atoms with Crippen LogP contribution in [0.25, 0.3) is 0 Å². The van der Waals surface area contributed by atoms with Gasteiger partial charge in [-0.05, 0) is 30.3 Å². The molecule has 1 N–H and O–H groups in total. The highest BCUT2D eigenvalue weighted by Gasteiger charge is 2.36. The van der Waals surface area contributed by atoms with E-state index in [9.17, 15) is 9.59 Å². The molecule has 3 rings (SSSR count). The monoisotopic (exact) mass is 374 g/mol. The molecule has 2 aromatic carbocycles. The van der Waals surface area contributed by atoms with Crippen LogP contribution in [0.1, 0.15) is 6.42 Å². The predicted octanol–water partition coefficient (Wildman–Crippen LogP) is 3.35. The zero-order valence-corrected chi connectivity index (χ0v) is 15.2. The lowest BCUT2D eigenvalue weighted by Gasteiger charge is -2.20. The fourth-order valence-corrected chi connectivity index (χ4v) is 3.12. The first-order chi connectivity index (χ1) is 12.5. The Labute approximate surface area is 156 Å². The minimum atomic E-state index is -0.451. The molecule has 1 saturated heterocycles. The van der Waals surface area contributed by atoms with Crippen LogP contribution >= 0.6 is 11.6 Å². The zero-order valence-electron chi connectivity index (χ0n) is 14.5. The van der Waals surface area contributed by atoms with Crippen molar-refractivity contribution < 1.29 is 19.1 Å². The quantitative estimate of drug-likeness (QED) is 0.871. The molecule has 6 nitrogen and oxygen atoms in total. The van der Waals surface area contributed by atoms with Crippen molar-refractivity contribution in [3.63, 3.8) is 0 Å². The van der Waals surface area contributed by atoms with E-state index in [1.807, 2.05) is 0 Å². The maximum absolute atomic E-state index is 12.5. The summed E-state index contributed by atoms with van der Waals surface area (Å²) in [6.07, 6.45) is 0.140. The van der Waals surface area contributed by atoms with E-state index in [0.717, 1.165) is 0 Å². The van der Waals surface area contributed by atoms with Gasteiger partial charge in [-0.25, -0.2) is 0 Å². The third kappa shape index (κ3) is 3.75. The number of hydrogen-bond acceptors (Lipinski definition) is 4. The first-order valence-electron chi connectivity index (χ1n) is 8.10. The number of nitrogens with zero attached hydrogens (tertiary/aromatic N) is 1. The number of methoxy groups -OCH3 is 2. The molecule has 0 bridgehead atoms. The Bertz CT molecular complexity index is 840. The first kappa shape index (κ1) is 18.1. The first-order valence-corrected chi connectivity index (χ1v) is 8.48. The molecule has 1 fully saturated rings. The SMILES string of the molecule is COc1ccc(N2C[C@@H](C(=O)Nc3cccc(Cl)c3)CC2=O)c(OC)c1. The summed E-state index contributed by atoms with van der Waals surface area (Å²) in [7, 11) is 3.09. The van der Waals surface area contributed by atoms with Crippen molar-refractivity contribution in [3.8, 4) is 11.5 Å². The second-order valence-electron chi connectivity index (χ2n) is 5.94. The molecule has 136 valence electrons. The van der Waals surface area contributed by atoms with Gasteiger partial charge in [-0.2, -0.15) is 0 Å². The van der Waals surface area contributed by atoms with Gasteiger partial charge in [-0.3, -0.25) is 9.59 Å². The van der Waals surface area contributed by atoms with Gasteiger partial charge in [0, 0.05) is 29.7 Å². The van der Waals surface area contributed by atoms with Crippen LogP contribution in [0.4, 0.5) is 11.4 Å². The van der Waals surface area contributed by atoms with Crippen LogP contribution in [0.15, 0.2) is 42.5 Å². The maximum atomic E-state index is 12.5. The van der Waals surface area contributed by atoms with Crippen LogP contribution in [0.3, 0.4) is 0 Å². The number of anilines is 2. The minimum Gasteiger partial charge on any atom is -0.497 e. The number of hydrogen-bond donors (Lipinski definition) is 1. The van der Waals surface area contributed by atoms with E-state index in [2.05, 4.69) is 5.32 Å². The van der Waals surface area contributed by atoms with Crippen LogP contribution in [0, 0.1) is 5.92 Å². The highest BCUT2D eigenvalue weighted by Crippen LogP contribution is 2.36. The van der Waals surface area contributed by atoms with Crippen molar-refractivity contribution in [2.45, 2.75) is 6.42 Å². The number of carbonyl (C=O) groups is 2. The van der Waals surface area contributed by atoms with Gasteiger partial charge in [0.25, 0.3) is 0 Å². The normalized spacial score (nSPS) is 16.5. The third-order valence-corrected chi connectivity index (χ3v) is 4.50. The highest BCUT2D eigenvalue weighted by atomic mass is 35.5. The molecule has 1 aliphatic rings. The number of rotatable bonds is 5. The summed E-state index contributed by atoms with van der Waals surface area (Å²) in [5, 5.41) is 3.35. The van der Waals surface area contributed by atoms with Crippen molar-refractivity contribution >= 4 is 34.8 Å². The summed E-state index contributed by atoms with van der Waals surface area (Å²) in [4.78, 5) is 26.5. The van der Waals surface area contributed by atoms with Gasteiger partial charge >= 0.3 is 0 Å². The Balaban J connectivity index is 1.75. The summed E-state index contributed by atoms with van der Waals surface area (Å²) >= 11 is 5.93. The van der Waals surface area contributed by atoms with E-state index in [1.54, 1.807) is 54.5 Å². The Hall–Kier alpha value is -2.73. The summed E-state index contributed by atoms with van der Waals surface area (Å²) in [5.74, 6) is 0.365. The lowest BCUT2D eigenvalue weighted by molar-refractivity contribution is -0.122. The summed E-state index contributed by atoms with van der Waals surface area (Å²) in [5.41, 5.74) is 1.23. The lowest BCUT2D eigenvalue weighted by atomic mass is 10.1. The molecule has 0 unspecified atom stereocenters. The average molecular weight is 375 g/mol. The van der Waals surface area contributed by atoms with Gasteiger partial charge in [0.15, 0.2) is 0 Å². The zero-order chi connectivity index (χ0) is 18.7. The number of halogens is 1. The van der Waals surface area contributed by atoms with E-state index in [4.69, 9.17) is 21.1 Å². The predicted molar refractivity (Wildman–Crippen MR) is 100 cm³/mol. The van der Waals surface area contributed by atoms with Crippen molar-refractivity contribution in [3.05, 3.63) is 47.5 Å². The second-order valence-corrected chi connectivity index (χ2v) is 6.38. The number of ether oxygens (including phenoxy) is 2. The standard InChI is InChI=1S/C19H19ClN2O4/c1-25-15-6-7-16(17(10-15)26-2)22-11-12(8-18(22)23)19(24)21-14-5-3-4-13(20)9-14/h3-7,9-10,12H,8,11H2,1-2H3,(H,21,24)/t12-/m0/s1. The van der Waals surface area contributed by atoms with E-state index in [1.165, 1.54) is 7.11 Å². The van der Waals surface area contributed by atoms with Crippen molar-refractivity contribution in [2.24, 2.45) is 5.92 Å². The van der Waals surface area contributed by atoms with Crippen LogP contribution in [-0.2, 0) is 9.59 Å². The molecule has 0 aliphatic carbocycles. The van der Waals surface area contributed by atoms with Crippen molar-refractivity contribution in [2.75, 3.05) is 31.0 Å². The van der Waals surface area contributed by atoms with Gasteiger partial charge in [-0.15, -0.1) is 0 Å². The smallest absolute Gasteiger partial charge is 0.229 e. The molecular weight excluding hydrogens is 356 g/mol. The van der Waals surface area contributed by atoms with Gasteiger partial charge in [-0.1, -0.05) is 17.7 Å². The summed E-state index contributed by atoms with van der Waals surface area (Å²) in [6, 6.07) is 12.1. The van der Waals surface area contributed by atoms with Gasteiger partial charge < -0.3 is 19.7 Å². The van der Waals surface area contributed by atoms with Crippen LogP contribution in [0.5, 0.6) is 11.5 Å². The van der Waals surface area contributed by atoms with E-state index < -0.39 is 5.92 Å². The van der Waals surface area contributed by atoms with Crippen LogP contribution in [0.2, 0.25) is 5.02 Å². The molecule has 1 aliphatic heterocycles. The van der Waals surface area contributed by atoms with Gasteiger partial charge in [0.05, 0.1) is 25.8 Å². The maximum Gasteiger partial charge on any atom is 0.229 e. The van der Waals surface area contributed by atoms with Crippen molar-refractivity contribution in [1.29, 1.82) is 0 Å². The van der Waals surface area contributed by atoms with E-state index >= 15 is 0 Å². The summed E-state index contributed by atoms with van der Waals surface area (Å²) in [6.45, 7) is 0.286. The largest absolute Gasteiger partial charge is 0.497 e. The van der Waals surface area contributed by atoms with E-state index in [0.29, 0.717) is 27.9 Å². The average Bonchev–Trinajstić information content (AvgIpc) is 3.03. The number of amides is 2. The number of carbonyl (C=O) groups excluding carboxylic acids is 2. The number of benzene rings is 2. The molecular formula is C19H19ClN2O4. The summed E-state index contributed by atoms with van der Waals surface area (Å²) < 4.78 is 10.5. The second kappa shape index (κ2) is 7.66. The molecule has 26 heavy (non-hydrogen) atoms. The Morgan fingerprint density at radius 3 is 2.69 bits per heavy atom. The fourth-order valence-electron chi connectivity index (χ4n) is 2.93. The highest BCUT2D eigenvalue weighted by molar-refractivity contribution is 6.30. The molecule has 0 spiro atoms. The molecule has 2 amide bonds. The number of nitrogens with one attached hydrogen (secondary N) is 1. The van der Waals surface area contributed by atoms with E-state index in [-0.39, 0.29) is 24.8 Å². The molecule has 2 aromatic rings. The topological polar surface area (TPSA) is 67.9 Å². The molecule has 0 radical (unpaired) electrons. The Morgan fingerprint density at radius 1 is 1.19 bits per heavy atom. The third-order valence-electron chi connectivity index (χ3n) is 4.27. The minimum absolute atomic E-state index is 0.125. The Kier molecular flexibility index (Phi) is 5.32. The lowest BCUT2D eigenvalue weighted by Crippen LogP contribution is -2.28. The molecule has 7 heteroatoms. The van der Waals surface area contributed by atoms with Crippen LogP contribution < -0.4 is 19.7 Å². The van der Waals surface area contributed by atoms with Crippen LogP contribution in [-0.4, -0.2) is 32.6 Å². The molecule has 0 saturated carbocycles. The molecule has 1 atom stereocenters.